The molecule has 1 aromatic carbocycles. The van der Waals surface area contributed by atoms with Gasteiger partial charge in [-0.15, -0.1) is 0 Å². The zero-order valence-electron chi connectivity index (χ0n) is 10.6. The van der Waals surface area contributed by atoms with Crippen molar-refractivity contribution in [2.75, 3.05) is 6.54 Å². The SMILES string of the molecule is CC(C)NCC(C)(C)C(=O)c1ccccc1. The third kappa shape index (κ3) is 3.46. The minimum atomic E-state index is -0.356. The molecule has 88 valence electrons. The number of hydrogen-bond donors (Lipinski definition) is 1. The van der Waals surface area contributed by atoms with Crippen molar-refractivity contribution in [1.82, 2.24) is 5.32 Å². The summed E-state index contributed by atoms with van der Waals surface area (Å²) in [6.07, 6.45) is 0. The normalized spacial score (nSPS) is 11.8. The van der Waals surface area contributed by atoms with Gasteiger partial charge in [0.15, 0.2) is 5.78 Å². The molecule has 1 N–H and O–H groups in total. The predicted octanol–water partition coefficient (Wildman–Crippen LogP) is 2.89. The number of Topliss-reactive ketones (excluding diaryl/α,β-unsaturated/α-hetero) is 1. The summed E-state index contributed by atoms with van der Waals surface area (Å²) in [5, 5.41) is 3.32. The van der Waals surface area contributed by atoms with E-state index in [1.165, 1.54) is 0 Å². The number of hydrogen-bond acceptors (Lipinski definition) is 2. The Balaban J connectivity index is 2.72. The minimum absolute atomic E-state index is 0.196. The Labute approximate surface area is 98.1 Å². The Kier molecular flexibility index (Phi) is 4.25. The number of rotatable bonds is 5. The van der Waals surface area contributed by atoms with Gasteiger partial charge in [0.25, 0.3) is 0 Å². The fourth-order valence-electron chi connectivity index (χ4n) is 1.52. The second-order valence-electron chi connectivity index (χ2n) is 5.11. The first-order valence-corrected chi connectivity index (χ1v) is 5.77. The summed E-state index contributed by atoms with van der Waals surface area (Å²) >= 11 is 0. The molecule has 1 rings (SSSR count). The van der Waals surface area contributed by atoms with Crippen molar-refractivity contribution >= 4 is 5.78 Å². The summed E-state index contributed by atoms with van der Waals surface area (Å²) in [6, 6.07) is 9.89. The lowest BCUT2D eigenvalue weighted by Crippen LogP contribution is -2.39. The van der Waals surface area contributed by atoms with Crippen LogP contribution in [-0.2, 0) is 0 Å². The average Bonchev–Trinajstić information content (AvgIpc) is 2.27. The Bertz CT molecular complexity index is 341. The number of benzene rings is 1. The molecule has 0 unspecified atom stereocenters. The van der Waals surface area contributed by atoms with Gasteiger partial charge in [0.05, 0.1) is 0 Å². The summed E-state index contributed by atoms with van der Waals surface area (Å²) < 4.78 is 0. The first-order valence-electron chi connectivity index (χ1n) is 5.77. The molecule has 0 amide bonds. The van der Waals surface area contributed by atoms with Crippen molar-refractivity contribution in [3.63, 3.8) is 0 Å². The fourth-order valence-corrected chi connectivity index (χ4v) is 1.52. The monoisotopic (exact) mass is 219 g/mol. The van der Waals surface area contributed by atoms with Crippen LogP contribution in [-0.4, -0.2) is 18.4 Å². The molecular formula is C14H21NO. The second-order valence-corrected chi connectivity index (χ2v) is 5.11. The Morgan fingerprint density at radius 3 is 2.31 bits per heavy atom. The molecule has 0 atom stereocenters. The van der Waals surface area contributed by atoms with E-state index in [4.69, 9.17) is 0 Å². The molecular weight excluding hydrogens is 198 g/mol. The van der Waals surface area contributed by atoms with Gasteiger partial charge in [-0.2, -0.15) is 0 Å². The van der Waals surface area contributed by atoms with Crippen molar-refractivity contribution in [3.8, 4) is 0 Å². The van der Waals surface area contributed by atoms with Gasteiger partial charge in [-0.3, -0.25) is 4.79 Å². The molecule has 0 bridgehead atoms. The molecule has 0 aliphatic carbocycles. The molecule has 2 heteroatoms. The minimum Gasteiger partial charge on any atom is -0.314 e. The molecule has 16 heavy (non-hydrogen) atoms. The molecule has 2 nitrogen and oxygen atoms in total. The topological polar surface area (TPSA) is 29.1 Å². The Morgan fingerprint density at radius 1 is 1.25 bits per heavy atom. The van der Waals surface area contributed by atoms with Gasteiger partial charge in [0.2, 0.25) is 0 Å². The van der Waals surface area contributed by atoms with Gasteiger partial charge in [-0.05, 0) is 0 Å². The lowest BCUT2D eigenvalue weighted by Gasteiger charge is -2.25. The number of nitrogens with one attached hydrogen (secondary N) is 1. The van der Waals surface area contributed by atoms with E-state index in [1.807, 2.05) is 44.2 Å². The van der Waals surface area contributed by atoms with E-state index in [2.05, 4.69) is 19.2 Å². The zero-order valence-corrected chi connectivity index (χ0v) is 10.6. The van der Waals surface area contributed by atoms with Crippen LogP contribution in [0, 0.1) is 5.41 Å². The number of ketones is 1. The predicted molar refractivity (Wildman–Crippen MR) is 67.7 cm³/mol. The van der Waals surface area contributed by atoms with Crippen LogP contribution < -0.4 is 5.32 Å². The van der Waals surface area contributed by atoms with Crippen molar-refractivity contribution in [1.29, 1.82) is 0 Å². The average molecular weight is 219 g/mol. The smallest absolute Gasteiger partial charge is 0.169 e. The first-order chi connectivity index (χ1) is 7.43. The molecule has 0 spiro atoms. The van der Waals surface area contributed by atoms with Crippen LogP contribution in [0.25, 0.3) is 0 Å². The zero-order chi connectivity index (χ0) is 12.2. The molecule has 0 fully saturated rings. The van der Waals surface area contributed by atoms with Gasteiger partial charge >= 0.3 is 0 Å². The molecule has 0 aliphatic heterocycles. The highest BCUT2D eigenvalue weighted by atomic mass is 16.1. The highest BCUT2D eigenvalue weighted by Gasteiger charge is 2.28. The van der Waals surface area contributed by atoms with Crippen LogP contribution in [0.1, 0.15) is 38.1 Å². The van der Waals surface area contributed by atoms with Crippen molar-refractivity contribution < 1.29 is 4.79 Å². The lowest BCUT2D eigenvalue weighted by molar-refractivity contribution is 0.0834. The Hall–Kier alpha value is -1.15. The Morgan fingerprint density at radius 2 is 1.81 bits per heavy atom. The molecule has 0 saturated carbocycles. The second kappa shape index (κ2) is 5.26. The summed E-state index contributed by atoms with van der Waals surface area (Å²) in [5.41, 5.74) is 0.434. The van der Waals surface area contributed by atoms with E-state index < -0.39 is 0 Å². The van der Waals surface area contributed by atoms with E-state index >= 15 is 0 Å². The standard InChI is InChI=1S/C14H21NO/c1-11(2)15-10-14(3,4)13(16)12-8-6-5-7-9-12/h5-9,11,15H,10H2,1-4H3. The number of carbonyl (C=O) groups is 1. The summed E-state index contributed by atoms with van der Waals surface area (Å²) in [7, 11) is 0. The van der Waals surface area contributed by atoms with Crippen LogP contribution >= 0.6 is 0 Å². The quantitative estimate of drug-likeness (QED) is 0.771. The molecule has 0 radical (unpaired) electrons. The fraction of sp³-hybridized carbons (Fsp3) is 0.500. The lowest BCUT2D eigenvalue weighted by atomic mass is 9.84. The van der Waals surface area contributed by atoms with E-state index in [9.17, 15) is 4.79 Å². The van der Waals surface area contributed by atoms with Gasteiger partial charge in [0.1, 0.15) is 0 Å². The molecule has 0 saturated heterocycles. The molecule has 0 aromatic heterocycles. The van der Waals surface area contributed by atoms with Crippen LogP contribution in [0.2, 0.25) is 0 Å². The van der Waals surface area contributed by atoms with Crippen LogP contribution in [0.4, 0.5) is 0 Å². The first kappa shape index (κ1) is 12.9. The summed E-state index contributed by atoms with van der Waals surface area (Å²) in [5.74, 6) is 0.196. The van der Waals surface area contributed by atoms with Gasteiger partial charge in [0, 0.05) is 23.6 Å². The maximum atomic E-state index is 12.2. The van der Waals surface area contributed by atoms with Crippen LogP contribution in [0.3, 0.4) is 0 Å². The largest absolute Gasteiger partial charge is 0.314 e. The maximum Gasteiger partial charge on any atom is 0.169 e. The van der Waals surface area contributed by atoms with Gasteiger partial charge < -0.3 is 5.32 Å². The van der Waals surface area contributed by atoms with Gasteiger partial charge in [-0.25, -0.2) is 0 Å². The summed E-state index contributed by atoms with van der Waals surface area (Å²) in [6.45, 7) is 8.85. The van der Waals surface area contributed by atoms with E-state index in [-0.39, 0.29) is 11.2 Å². The highest BCUT2D eigenvalue weighted by Crippen LogP contribution is 2.21. The van der Waals surface area contributed by atoms with Crippen LogP contribution in [0.15, 0.2) is 30.3 Å². The van der Waals surface area contributed by atoms with Crippen molar-refractivity contribution in [3.05, 3.63) is 35.9 Å². The van der Waals surface area contributed by atoms with E-state index in [0.29, 0.717) is 12.6 Å². The third-order valence-corrected chi connectivity index (χ3v) is 2.60. The van der Waals surface area contributed by atoms with Crippen molar-refractivity contribution in [2.45, 2.75) is 33.7 Å². The summed E-state index contributed by atoms with van der Waals surface area (Å²) in [4.78, 5) is 12.2. The van der Waals surface area contributed by atoms with E-state index in [0.717, 1.165) is 5.56 Å². The van der Waals surface area contributed by atoms with E-state index in [1.54, 1.807) is 0 Å². The van der Waals surface area contributed by atoms with Crippen molar-refractivity contribution in [2.24, 2.45) is 5.41 Å². The molecule has 0 aliphatic rings. The van der Waals surface area contributed by atoms with Gasteiger partial charge in [-0.1, -0.05) is 58.0 Å². The number of carbonyl (C=O) groups excluding carboxylic acids is 1. The molecule has 1 aromatic rings. The molecule has 0 heterocycles. The highest BCUT2D eigenvalue weighted by molar-refractivity contribution is 6.00. The maximum absolute atomic E-state index is 12.2. The van der Waals surface area contributed by atoms with Crippen LogP contribution in [0.5, 0.6) is 0 Å². The third-order valence-electron chi connectivity index (χ3n) is 2.60.